The Bertz CT molecular complexity index is 203. The zero-order valence-corrected chi connectivity index (χ0v) is 12.6. The molecule has 1 N–H and O–H groups in total. The number of nitrogens with one attached hydrogen (secondary N) is 1. The molecule has 102 valence electrons. The summed E-state index contributed by atoms with van der Waals surface area (Å²) in [6.45, 7) is 16.4. The van der Waals surface area contributed by atoms with E-state index in [1.807, 2.05) is 0 Å². The molecular weight excluding hydrogens is 208 g/mol. The molecular formula is C15H32N2. The Hall–Kier alpha value is -0.0800. The number of likely N-dealkylation sites (N-methyl/N-ethyl adjacent to an activating group) is 1. The van der Waals surface area contributed by atoms with Crippen LogP contribution in [-0.2, 0) is 0 Å². The average molecular weight is 240 g/mol. The Morgan fingerprint density at radius 2 is 1.88 bits per heavy atom. The summed E-state index contributed by atoms with van der Waals surface area (Å²) in [4.78, 5) is 2.68. The van der Waals surface area contributed by atoms with Gasteiger partial charge in [0.05, 0.1) is 0 Å². The van der Waals surface area contributed by atoms with Gasteiger partial charge in [0.1, 0.15) is 0 Å². The van der Waals surface area contributed by atoms with Crippen LogP contribution < -0.4 is 5.32 Å². The highest BCUT2D eigenvalue weighted by molar-refractivity contribution is 4.85. The second-order valence-corrected chi connectivity index (χ2v) is 6.68. The standard InChI is InChI=1S/C15H32N2/c1-6-10-17(11-13-8-9-13)12-14(16-7-2)15(3,4)5/h13-14,16H,6-12H2,1-5H3. The molecule has 0 aromatic carbocycles. The molecule has 2 heteroatoms. The highest BCUT2D eigenvalue weighted by atomic mass is 15.2. The van der Waals surface area contributed by atoms with E-state index in [9.17, 15) is 0 Å². The van der Waals surface area contributed by atoms with Crippen LogP contribution >= 0.6 is 0 Å². The summed E-state index contributed by atoms with van der Waals surface area (Å²) in [6, 6.07) is 0.609. The zero-order valence-electron chi connectivity index (χ0n) is 12.6. The van der Waals surface area contributed by atoms with E-state index in [0.717, 1.165) is 12.5 Å². The zero-order chi connectivity index (χ0) is 12.9. The van der Waals surface area contributed by atoms with E-state index >= 15 is 0 Å². The molecule has 0 aromatic rings. The Kier molecular flexibility index (Phi) is 5.94. The molecule has 1 fully saturated rings. The first-order valence-electron chi connectivity index (χ1n) is 7.43. The lowest BCUT2D eigenvalue weighted by Gasteiger charge is -2.36. The molecule has 1 unspecified atom stereocenters. The predicted octanol–water partition coefficient (Wildman–Crippen LogP) is 3.13. The van der Waals surface area contributed by atoms with Gasteiger partial charge in [0, 0.05) is 19.1 Å². The van der Waals surface area contributed by atoms with Crippen molar-refractivity contribution in [2.45, 2.75) is 59.9 Å². The van der Waals surface area contributed by atoms with Gasteiger partial charge in [0.25, 0.3) is 0 Å². The number of nitrogens with zero attached hydrogens (tertiary/aromatic N) is 1. The van der Waals surface area contributed by atoms with Gasteiger partial charge in [-0.1, -0.05) is 34.6 Å². The second kappa shape index (κ2) is 6.75. The lowest BCUT2D eigenvalue weighted by molar-refractivity contribution is 0.169. The topological polar surface area (TPSA) is 15.3 Å². The smallest absolute Gasteiger partial charge is 0.0243 e. The van der Waals surface area contributed by atoms with E-state index in [1.54, 1.807) is 0 Å². The summed E-state index contributed by atoms with van der Waals surface area (Å²) >= 11 is 0. The van der Waals surface area contributed by atoms with Crippen LogP contribution in [0.4, 0.5) is 0 Å². The quantitative estimate of drug-likeness (QED) is 0.701. The van der Waals surface area contributed by atoms with Crippen LogP contribution in [0.2, 0.25) is 0 Å². The Morgan fingerprint density at radius 3 is 2.29 bits per heavy atom. The maximum atomic E-state index is 3.66. The van der Waals surface area contributed by atoms with Crippen molar-refractivity contribution in [3.05, 3.63) is 0 Å². The third-order valence-corrected chi connectivity index (χ3v) is 3.69. The van der Waals surface area contributed by atoms with Gasteiger partial charge in [0.2, 0.25) is 0 Å². The molecule has 0 spiro atoms. The average Bonchev–Trinajstić information content (AvgIpc) is 3.00. The predicted molar refractivity (Wildman–Crippen MR) is 76.4 cm³/mol. The molecule has 0 heterocycles. The largest absolute Gasteiger partial charge is 0.312 e. The SMILES string of the molecule is CCCN(CC1CC1)CC(NCC)C(C)(C)C. The summed E-state index contributed by atoms with van der Waals surface area (Å²) < 4.78 is 0. The molecule has 2 nitrogen and oxygen atoms in total. The first-order chi connectivity index (χ1) is 7.97. The van der Waals surface area contributed by atoms with Gasteiger partial charge in [0.15, 0.2) is 0 Å². The van der Waals surface area contributed by atoms with Crippen LogP contribution in [0.5, 0.6) is 0 Å². The van der Waals surface area contributed by atoms with Crippen molar-refractivity contribution in [1.82, 2.24) is 10.2 Å². The fourth-order valence-corrected chi connectivity index (χ4v) is 2.39. The van der Waals surface area contributed by atoms with Crippen LogP contribution in [0.15, 0.2) is 0 Å². The third kappa shape index (κ3) is 5.87. The second-order valence-electron chi connectivity index (χ2n) is 6.68. The normalized spacial score (nSPS) is 18.7. The highest BCUT2D eigenvalue weighted by Crippen LogP contribution is 2.30. The van der Waals surface area contributed by atoms with Crippen molar-refractivity contribution in [2.75, 3.05) is 26.2 Å². The lowest BCUT2D eigenvalue weighted by Crippen LogP contribution is -2.49. The summed E-state index contributed by atoms with van der Waals surface area (Å²) in [6.07, 6.45) is 4.19. The van der Waals surface area contributed by atoms with E-state index in [-0.39, 0.29) is 0 Å². The minimum atomic E-state index is 0.353. The molecule has 0 bridgehead atoms. The van der Waals surface area contributed by atoms with Crippen molar-refractivity contribution in [3.63, 3.8) is 0 Å². The van der Waals surface area contributed by atoms with Gasteiger partial charge >= 0.3 is 0 Å². The number of hydrogen-bond donors (Lipinski definition) is 1. The fraction of sp³-hybridized carbons (Fsp3) is 1.00. The minimum absolute atomic E-state index is 0.353. The van der Waals surface area contributed by atoms with Crippen molar-refractivity contribution in [2.24, 2.45) is 11.3 Å². The Labute approximate surface area is 108 Å². The maximum Gasteiger partial charge on any atom is 0.0243 e. The first kappa shape index (κ1) is 15.0. The molecule has 0 radical (unpaired) electrons. The number of hydrogen-bond acceptors (Lipinski definition) is 2. The van der Waals surface area contributed by atoms with E-state index < -0.39 is 0 Å². The van der Waals surface area contributed by atoms with Gasteiger partial charge < -0.3 is 10.2 Å². The molecule has 1 rings (SSSR count). The molecule has 1 aliphatic carbocycles. The maximum absolute atomic E-state index is 3.66. The van der Waals surface area contributed by atoms with E-state index in [0.29, 0.717) is 11.5 Å². The summed E-state index contributed by atoms with van der Waals surface area (Å²) in [5.41, 5.74) is 0.353. The van der Waals surface area contributed by atoms with Crippen molar-refractivity contribution in [3.8, 4) is 0 Å². The van der Waals surface area contributed by atoms with Crippen LogP contribution in [-0.4, -0.2) is 37.1 Å². The summed E-state index contributed by atoms with van der Waals surface area (Å²) in [7, 11) is 0. The lowest BCUT2D eigenvalue weighted by atomic mass is 9.86. The van der Waals surface area contributed by atoms with Gasteiger partial charge in [-0.3, -0.25) is 0 Å². The van der Waals surface area contributed by atoms with Gasteiger partial charge in [-0.15, -0.1) is 0 Å². The van der Waals surface area contributed by atoms with Crippen LogP contribution in [0.1, 0.15) is 53.9 Å². The third-order valence-electron chi connectivity index (χ3n) is 3.69. The van der Waals surface area contributed by atoms with E-state index in [4.69, 9.17) is 0 Å². The van der Waals surface area contributed by atoms with Gasteiger partial charge in [-0.25, -0.2) is 0 Å². The highest BCUT2D eigenvalue weighted by Gasteiger charge is 2.29. The molecule has 17 heavy (non-hydrogen) atoms. The van der Waals surface area contributed by atoms with Crippen molar-refractivity contribution >= 4 is 0 Å². The van der Waals surface area contributed by atoms with E-state index in [2.05, 4.69) is 44.8 Å². The molecule has 1 saturated carbocycles. The Balaban J connectivity index is 2.47. The molecule has 1 aliphatic rings. The van der Waals surface area contributed by atoms with Crippen molar-refractivity contribution < 1.29 is 0 Å². The number of rotatable bonds is 8. The summed E-state index contributed by atoms with van der Waals surface area (Å²) in [5.74, 6) is 1.00. The van der Waals surface area contributed by atoms with Crippen LogP contribution in [0, 0.1) is 11.3 Å². The van der Waals surface area contributed by atoms with Gasteiger partial charge in [-0.05, 0) is 43.7 Å². The van der Waals surface area contributed by atoms with Crippen LogP contribution in [0.3, 0.4) is 0 Å². The molecule has 1 atom stereocenters. The minimum Gasteiger partial charge on any atom is -0.312 e. The van der Waals surface area contributed by atoms with Crippen molar-refractivity contribution in [1.29, 1.82) is 0 Å². The monoisotopic (exact) mass is 240 g/mol. The first-order valence-corrected chi connectivity index (χ1v) is 7.43. The van der Waals surface area contributed by atoms with Gasteiger partial charge in [-0.2, -0.15) is 0 Å². The Morgan fingerprint density at radius 1 is 1.24 bits per heavy atom. The molecule has 0 aliphatic heterocycles. The van der Waals surface area contributed by atoms with E-state index in [1.165, 1.54) is 38.9 Å². The fourth-order valence-electron chi connectivity index (χ4n) is 2.39. The molecule has 0 amide bonds. The summed E-state index contributed by atoms with van der Waals surface area (Å²) in [5, 5.41) is 3.66. The van der Waals surface area contributed by atoms with Crippen LogP contribution in [0.25, 0.3) is 0 Å². The molecule has 0 aromatic heterocycles. The molecule has 0 saturated heterocycles.